The van der Waals surface area contributed by atoms with Crippen LogP contribution in [0, 0.1) is 6.92 Å². The predicted octanol–water partition coefficient (Wildman–Crippen LogP) is 4.45. The summed E-state index contributed by atoms with van der Waals surface area (Å²) in [5, 5.41) is 4.18. The van der Waals surface area contributed by atoms with Crippen molar-refractivity contribution >= 4 is 40.0 Å². The summed E-state index contributed by atoms with van der Waals surface area (Å²) < 4.78 is 5.70. The third kappa shape index (κ3) is 4.09. The van der Waals surface area contributed by atoms with E-state index in [-0.39, 0.29) is 18.4 Å². The minimum atomic E-state index is -0.317. The minimum Gasteiger partial charge on any atom is -0.481 e. The van der Waals surface area contributed by atoms with Crippen molar-refractivity contribution in [1.29, 1.82) is 0 Å². The highest BCUT2D eigenvalue weighted by atomic mass is 35.5. The van der Waals surface area contributed by atoms with Gasteiger partial charge in [0.05, 0.1) is 5.02 Å². The molecular weight excluding hydrogens is 402 g/mol. The summed E-state index contributed by atoms with van der Waals surface area (Å²) in [7, 11) is 0. The minimum absolute atomic E-state index is 0.0102. The second-order valence-corrected chi connectivity index (χ2v) is 7.67. The van der Waals surface area contributed by atoms with Crippen molar-refractivity contribution in [2.75, 3.05) is 25.0 Å². The van der Waals surface area contributed by atoms with Crippen LogP contribution in [-0.2, 0) is 4.79 Å². The molecule has 1 saturated heterocycles. The van der Waals surface area contributed by atoms with Gasteiger partial charge in [0.15, 0.2) is 6.61 Å². The molecule has 2 amide bonds. The number of hydrogen-bond donors (Lipinski definition) is 1. The highest BCUT2D eigenvalue weighted by Crippen LogP contribution is 2.29. The van der Waals surface area contributed by atoms with Gasteiger partial charge in [-0.3, -0.25) is 14.6 Å². The molecule has 1 aromatic heterocycles. The van der Waals surface area contributed by atoms with E-state index in [1.807, 2.05) is 17.9 Å². The topological polar surface area (TPSA) is 71.5 Å². The predicted molar refractivity (Wildman–Crippen MR) is 117 cm³/mol. The number of ether oxygens (including phenoxy) is 1. The van der Waals surface area contributed by atoms with E-state index in [9.17, 15) is 9.59 Å². The monoisotopic (exact) mass is 423 g/mol. The summed E-state index contributed by atoms with van der Waals surface area (Å²) in [5.74, 6) is 0.179. The molecule has 0 atom stereocenters. The van der Waals surface area contributed by atoms with Gasteiger partial charge in [-0.05, 0) is 61.7 Å². The summed E-state index contributed by atoms with van der Waals surface area (Å²) in [4.78, 5) is 31.4. The summed E-state index contributed by atoms with van der Waals surface area (Å²) >= 11 is 6.20. The number of hydrogen-bond acceptors (Lipinski definition) is 4. The lowest BCUT2D eigenvalue weighted by atomic mass is 10.1. The van der Waals surface area contributed by atoms with Gasteiger partial charge in [0.25, 0.3) is 11.8 Å². The van der Waals surface area contributed by atoms with Crippen LogP contribution in [0.15, 0.2) is 48.7 Å². The Hall–Kier alpha value is -3.12. The Morgan fingerprint density at radius 1 is 1.13 bits per heavy atom. The largest absolute Gasteiger partial charge is 0.481 e. The molecule has 0 aliphatic carbocycles. The van der Waals surface area contributed by atoms with Gasteiger partial charge in [0, 0.05) is 35.9 Å². The molecule has 3 aromatic rings. The second kappa shape index (κ2) is 8.71. The molecule has 0 spiro atoms. The van der Waals surface area contributed by atoms with E-state index in [2.05, 4.69) is 10.3 Å². The van der Waals surface area contributed by atoms with Gasteiger partial charge >= 0.3 is 0 Å². The molecule has 1 fully saturated rings. The van der Waals surface area contributed by atoms with E-state index in [0.717, 1.165) is 36.9 Å². The Bertz CT molecular complexity index is 1110. The van der Waals surface area contributed by atoms with Crippen LogP contribution >= 0.6 is 11.6 Å². The lowest BCUT2D eigenvalue weighted by Crippen LogP contribution is -2.28. The molecular formula is C23H22ClN3O3. The Morgan fingerprint density at radius 3 is 2.73 bits per heavy atom. The van der Waals surface area contributed by atoms with Crippen molar-refractivity contribution in [3.8, 4) is 5.75 Å². The number of benzene rings is 2. The first-order chi connectivity index (χ1) is 14.5. The number of carbonyl (C=O) groups is 2. The fourth-order valence-corrected chi connectivity index (χ4v) is 3.87. The van der Waals surface area contributed by atoms with E-state index < -0.39 is 0 Å². The van der Waals surface area contributed by atoms with Crippen LogP contribution in [0.3, 0.4) is 0 Å². The molecule has 0 radical (unpaired) electrons. The Labute approximate surface area is 179 Å². The number of rotatable bonds is 5. The van der Waals surface area contributed by atoms with Crippen LogP contribution in [0.4, 0.5) is 5.69 Å². The molecule has 6 nitrogen and oxygen atoms in total. The Balaban J connectivity index is 1.45. The van der Waals surface area contributed by atoms with Crippen molar-refractivity contribution in [3.63, 3.8) is 0 Å². The van der Waals surface area contributed by atoms with Crippen LogP contribution in [0.5, 0.6) is 5.75 Å². The number of nitrogens with zero attached hydrogens (tertiary/aromatic N) is 2. The number of nitrogens with one attached hydrogen (secondary N) is 1. The maximum Gasteiger partial charge on any atom is 0.262 e. The van der Waals surface area contributed by atoms with Crippen LogP contribution < -0.4 is 10.1 Å². The zero-order valence-corrected chi connectivity index (χ0v) is 17.4. The number of anilines is 1. The number of likely N-dealkylation sites (tertiary alicyclic amines) is 1. The van der Waals surface area contributed by atoms with Crippen molar-refractivity contribution in [2.45, 2.75) is 19.8 Å². The maximum absolute atomic E-state index is 12.7. The highest BCUT2D eigenvalue weighted by molar-refractivity contribution is 6.35. The number of carbonyl (C=O) groups excluding carboxylic acids is 2. The summed E-state index contributed by atoms with van der Waals surface area (Å²) in [6.07, 6.45) is 3.72. The molecule has 0 bridgehead atoms. The molecule has 7 heteroatoms. The molecule has 1 aliphatic heterocycles. The van der Waals surface area contributed by atoms with Crippen LogP contribution in [0.1, 0.15) is 28.8 Å². The molecule has 2 heterocycles. The number of aromatic nitrogens is 1. The number of pyridine rings is 1. The van der Waals surface area contributed by atoms with Crippen molar-refractivity contribution in [2.24, 2.45) is 0 Å². The van der Waals surface area contributed by atoms with E-state index in [4.69, 9.17) is 16.3 Å². The Morgan fingerprint density at radius 2 is 1.93 bits per heavy atom. The van der Waals surface area contributed by atoms with Gasteiger partial charge in [-0.1, -0.05) is 17.7 Å². The van der Waals surface area contributed by atoms with Gasteiger partial charge < -0.3 is 15.0 Å². The normalized spacial score (nSPS) is 13.5. The molecule has 30 heavy (non-hydrogen) atoms. The quantitative estimate of drug-likeness (QED) is 0.658. The second-order valence-electron chi connectivity index (χ2n) is 7.26. The van der Waals surface area contributed by atoms with Crippen molar-refractivity contribution in [1.82, 2.24) is 9.88 Å². The maximum atomic E-state index is 12.7. The molecule has 0 saturated carbocycles. The van der Waals surface area contributed by atoms with Crippen molar-refractivity contribution < 1.29 is 14.3 Å². The van der Waals surface area contributed by atoms with E-state index in [1.165, 1.54) is 0 Å². The summed E-state index contributed by atoms with van der Waals surface area (Å²) in [5.41, 5.74) is 2.57. The number of halogens is 1. The zero-order valence-electron chi connectivity index (χ0n) is 16.7. The third-order valence-electron chi connectivity index (χ3n) is 5.27. The van der Waals surface area contributed by atoms with Gasteiger partial charge in [-0.2, -0.15) is 0 Å². The molecule has 1 aliphatic rings. The zero-order chi connectivity index (χ0) is 21.1. The SMILES string of the molecule is Cc1c(NC(=O)COc2ccc(Cl)c3cccnc23)cccc1C(=O)N1CCCC1. The first-order valence-corrected chi connectivity index (χ1v) is 10.3. The molecule has 0 unspecified atom stereocenters. The van der Waals surface area contributed by atoms with Gasteiger partial charge in [0.2, 0.25) is 0 Å². The standard InChI is InChI=1S/C23H22ClN3O3/c1-15-16(23(29)27-12-2-3-13-27)6-4-8-19(15)26-21(28)14-30-20-10-9-18(24)17-7-5-11-25-22(17)20/h4-11H,2-3,12-14H2,1H3,(H,26,28). The smallest absolute Gasteiger partial charge is 0.262 e. The van der Waals surface area contributed by atoms with E-state index in [1.54, 1.807) is 42.6 Å². The highest BCUT2D eigenvalue weighted by Gasteiger charge is 2.22. The Kier molecular flexibility index (Phi) is 5.86. The number of fused-ring (bicyclic) bond motifs is 1. The van der Waals surface area contributed by atoms with Crippen LogP contribution in [0.25, 0.3) is 10.9 Å². The fourth-order valence-electron chi connectivity index (χ4n) is 3.65. The average molecular weight is 424 g/mol. The van der Waals surface area contributed by atoms with E-state index >= 15 is 0 Å². The lowest BCUT2D eigenvalue weighted by Gasteiger charge is -2.18. The van der Waals surface area contributed by atoms with Gasteiger partial charge in [-0.15, -0.1) is 0 Å². The first kappa shape index (κ1) is 20.2. The molecule has 1 N–H and O–H groups in total. The van der Waals surface area contributed by atoms with Gasteiger partial charge in [0.1, 0.15) is 11.3 Å². The summed E-state index contributed by atoms with van der Waals surface area (Å²) in [6, 6.07) is 12.4. The summed E-state index contributed by atoms with van der Waals surface area (Å²) in [6.45, 7) is 3.23. The molecule has 154 valence electrons. The third-order valence-corrected chi connectivity index (χ3v) is 5.60. The fraction of sp³-hybridized carbons (Fsp3) is 0.261. The van der Waals surface area contributed by atoms with Crippen LogP contribution in [0.2, 0.25) is 5.02 Å². The number of amides is 2. The lowest BCUT2D eigenvalue weighted by molar-refractivity contribution is -0.118. The first-order valence-electron chi connectivity index (χ1n) is 9.89. The molecule has 4 rings (SSSR count). The van der Waals surface area contributed by atoms with Crippen molar-refractivity contribution in [3.05, 3.63) is 64.8 Å². The van der Waals surface area contributed by atoms with Gasteiger partial charge in [-0.25, -0.2) is 0 Å². The van der Waals surface area contributed by atoms with Crippen LogP contribution in [-0.4, -0.2) is 41.4 Å². The molecule has 2 aromatic carbocycles. The average Bonchev–Trinajstić information content (AvgIpc) is 3.29. The van der Waals surface area contributed by atoms with E-state index in [0.29, 0.717) is 27.5 Å².